The maximum absolute atomic E-state index is 13.2. The first kappa shape index (κ1) is 33.0. The van der Waals surface area contributed by atoms with Crippen molar-refractivity contribution in [2.24, 2.45) is 5.92 Å². The van der Waals surface area contributed by atoms with Crippen molar-refractivity contribution >= 4 is 23.3 Å². The Bertz CT molecular complexity index is 1510. The molecule has 0 aliphatic rings. The Morgan fingerprint density at radius 3 is 2.09 bits per heavy atom. The van der Waals surface area contributed by atoms with E-state index in [-0.39, 0.29) is 17.6 Å². The van der Waals surface area contributed by atoms with E-state index < -0.39 is 12.0 Å². The van der Waals surface area contributed by atoms with Crippen molar-refractivity contribution in [3.8, 4) is 5.75 Å². The standard InChI is InChI=1S/C38H42N2O5/c1-3-4-15-31(26-28-13-7-5-8-14-28)37(42)39-24-25-45-32-22-20-29(21-23-32)27-35(38(43)44-2)40-34-19-12-11-18-33(34)36(41)30-16-9-6-10-17-30/h5-14,16-23,31,35,40H,3-4,15,24-27H2,1-2H3,(H,39,42). The highest BCUT2D eigenvalue weighted by atomic mass is 16.5. The molecule has 7 heteroatoms. The summed E-state index contributed by atoms with van der Waals surface area (Å²) in [6, 6.07) is 33.1. The van der Waals surface area contributed by atoms with Gasteiger partial charge in [-0.2, -0.15) is 0 Å². The molecular formula is C38H42N2O5. The average Bonchev–Trinajstić information content (AvgIpc) is 3.09. The SMILES string of the molecule is CCCCC(Cc1ccccc1)C(=O)NCCOc1ccc(CC(Nc2ccccc2C(=O)c2ccccc2)C(=O)OC)cc1. The van der Waals surface area contributed by atoms with E-state index in [1.807, 2.05) is 66.7 Å². The van der Waals surface area contributed by atoms with E-state index in [9.17, 15) is 14.4 Å². The van der Waals surface area contributed by atoms with Crippen LogP contribution in [0.4, 0.5) is 5.69 Å². The van der Waals surface area contributed by atoms with Crippen molar-refractivity contribution in [2.75, 3.05) is 25.6 Å². The number of rotatable bonds is 17. The molecule has 0 saturated carbocycles. The first-order valence-electron chi connectivity index (χ1n) is 15.5. The maximum atomic E-state index is 13.2. The van der Waals surface area contributed by atoms with E-state index in [2.05, 4.69) is 29.7 Å². The highest BCUT2D eigenvalue weighted by Crippen LogP contribution is 2.22. The zero-order chi connectivity index (χ0) is 31.9. The van der Waals surface area contributed by atoms with E-state index in [1.54, 1.807) is 30.3 Å². The monoisotopic (exact) mass is 606 g/mol. The second kappa shape index (κ2) is 17.4. The molecule has 1 amide bonds. The van der Waals surface area contributed by atoms with Crippen LogP contribution in [-0.2, 0) is 27.2 Å². The molecule has 2 N–H and O–H groups in total. The third-order valence-corrected chi connectivity index (χ3v) is 7.66. The van der Waals surface area contributed by atoms with Crippen LogP contribution in [0, 0.1) is 5.92 Å². The first-order chi connectivity index (χ1) is 22.0. The van der Waals surface area contributed by atoms with Gasteiger partial charge < -0.3 is 20.1 Å². The number of para-hydroxylation sites is 1. The molecule has 2 unspecified atom stereocenters. The molecule has 0 heterocycles. The highest BCUT2D eigenvalue weighted by Gasteiger charge is 2.23. The number of ketones is 1. The fraction of sp³-hybridized carbons (Fsp3) is 0.289. The predicted octanol–water partition coefficient (Wildman–Crippen LogP) is 6.66. The van der Waals surface area contributed by atoms with E-state index in [1.165, 1.54) is 12.7 Å². The van der Waals surface area contributed by atoms with E-state index in [0.29, 0.717) is 42.1 Å². The lowest BCUT2D eigenvalue weighted by atomic mass is 9.93. The van der Waals surface area contributed by atoms with Gasteiger partial charge in [0.05, 0.1) is 13.7 Å². The fourth-order valence-electron chi connectivity index (χ4n) is 5.20. The van der Waals surface area contributed by atoms with Crippen LogP contribution in [-0.4, -0.2) is 44.0 Å². The summed E-state index contributed by atoms with van der Waals surface area (Å²) in [5, 5.41) is 6.27. The third-order valence-electron chi connectivity index (χ3n) is 7.66. The van der Waals surface area contributed by atoms with Crippen LogP contribution in [0.5, 0.6) is 5.75 Å². The lowest BCUT2D eigenvalue weighted by Crippen LogP contribution is -2.34. The number of carbonyl (C=O) groups is 3. The summed E-state index contributed by atoms with van der Waals surface area (Å²) in [7, 11) is 1.35. The van der Waals surface area contributed by atoms with Crippen molar-refractivity contribution in [3.63, 3.8) is 0 Å². The number of carbonyl (C=O) groups excluding carboxylic acids is 3. The van der Waals surface area contributed by atoms with Crippen LogP contribution in [0.1, 0.15) is 53.2 Å². The second-order valence-electron chi connectivity index (χ2n) is 11.0. The molecule has 234 valence electrons. The van der Waals surface area contributed by atoms with E-state index >= 15 is 0 Å². The molecule has 2 atom stereocenters. The van der Waals surface area contributed by atoms with Gasteiger partial charge in [0.25, 0.3) is 0 Å². The summed E-state index contributed by atoms with van der Waals surface area (Å²) in [6.45, 7) is 2.89. The van der Waals surface area contributed by atoms with Crippen LogP contribution in [0.3, 0.4) is 0 Å². The van der Waals surface area contributed by atoms with Crippen LogP contribution in [0.25, 0.3) is 0 Å². The van der Waals surface area contributed by atoms with Crippen LogP contribution in [0.15, 0.2) is 109 Å². The molecule has 0 spiro atoms. The van der Waals surface area contributed by atoms with Gasteiger partial charge in [-0.3, -0.25) is 9.59 Å². The number of methoxy groups -OCH3 is 1. The summed E-state index contributed by atoms with van der Waals surface area (Å²) >= 11 is 0. The Balaban J connectivity index is 1.31. The molecule has 45 heavy (non-hydrogen) atoms. The Kier molecular flexibility index (Phi) is 12.8. The lowest BCUT2D eigenvalue weighted by molar-refractivity contribution is -0.141. The van der Waals surface area contributed by atoms with Gasteiger partial charge in [-0.15, -0.1) is 0 Å². The molecule has 4 aromatic carbocycles. The number of ether oxygens (including phenoxy) is 2. The largest absolute Gasteiger partial charge is 0.492 e. The minimum absolute atomic E-state index is 0.0552. The van der Waals surface area contributed by atoms with Crippen molar-refractivity contribution in [1.29, 1.82) is 0 Å². The van der Waals surface area contributed by atoms with Crippen molar-refractivity contribution < 1.29 is 23.9 Å². The minimum atomic E-state index is -0.710. The third kappa shape index (κ3) is 10.1. The molecule has 0 aromatic heterocycles. The van der Waals surface area contributed by atoms with Gasteiger partial charge in [0.2, 0.25) is 5.91 Å². The Hall–Kier alpha value is -4.91. The van der Waals surface area contributed by atoms with Crippen LogP contribution >= 0.6 is 0 Å². The number of benzene rings is 4. The summed E-state index contributed by atoms with van der Waals surface area (Å²) in [6.07, 6.45) is 3.99. The molecule has 0 aliphatic carbocycles. The number of anilines is 1. The van der Waals surface area contributed by atoms with Gasteiger partial charge >= 0.3 is 5.97 Å². The number of hydrogen-bond acceptors (Lipinski definition) is 6. The summed E-state index contributed by atoms with van der Waals surface area (Å²) in [5.41, 5.74) is 3.67. The molecule has 0 aliphatic heterocycles. The molecule has 0 radical (unpaired) electrons. The first-order valence-corrected chi connectivity index (χ1v) is 15.5. The van der Waals surface area contributed by atoms with Crippen molar-refractivity contribution in [2.45, 2.75) is 45.1 Å². The minimum Gasteiger partial charge on any atom is -0.492 e. The van der Waals surface area contributed by atoms with Gasteiger partial charge in [-0.05, 0) is 48.2 Å². The Morgan fingerprint density at radius 1 is 0.756 bits per heavy atom. The lowest BCUT2D eigenvalue weighted by Gasteiger charge is -2.20. The van der Waals surface area contributed by atoms with Gasteiger partial charge in [-0.25, -0.2) is 4.79 Å². The smallest absolute Gasteiger partial charge is 0.328 e. The predicted molar refractivity (Wildman–Crippen MR) is 178 cm³/mol. The maximum Gasteiger partial charge on any atom is 0.328 e. The molecule has 0 fully saturated rings. The summed E-state index contributed by atoms with van der Waals surface area (Å²) < 4.78 is 11.0. The number of esters is 1. The van der Waals surface area contributed by atoms with Crippen LogP contribution < -0.4 is 15.4 Å². The molecule has 4 rings (SSSR count). The number of nitrogens with one attached hydrogen (secondary N) is 2. The summed E-state index contributed by atoms with van der Waals surface area (Å²) in [5.74, 6) is 0.0949. The van der Waals surface area contributed by atoms with Gasteiger partial charge in [0.15, 0.2) is 5.78 Å². The van der Waals surface area contributed by atoms with E-state index in [4.69, 9.17) is 9.47 Å². The van der Waals surface area contributed by atoms with Crippen molar-refractivity contribution in [3.05, 3.63) is 131 Å². The van der Waals surface area contributed by atoms with Gasteiger partial charge in [0, 0.05) is 29.2 Å². The fourth-order valence-corrected chi connectivity index (χ4v) is 5.20. The number of unbranched alkanes of at least 4 members (excludes halogenated alkanes) is 1. The van der Waals surface area contributed by atoms with Crippen LogP contribution in [0.2, 0.25) is 0 Å². The highest BCUT2D eigenvalue weighted by molar-refractivity contribution is 6.12. The number of amides is 1. The molecule has 4 aromatic rings. The molecule has 7 nitrogen and oxygen atoms in total. The topological polar surface area (TPSA) is 93.7 Å². The van der Waals surface area contributed by atoms with E-state index in [0.717, 1.165) is 31.2 Å². The average molecular weight is 607 g/mol. The van der Waals surface area contributed by atoms with Gasteiger partial charge in [-0.1, -0.05) is 105 Å². The van der Waals surface area contributed by atoms with Gasteiger partial charge in [0.1, 0.15) is 18.4 Å². The zero-order valence-electron chi connectivity index (χ0n) is 26.0. The normalized spacial score (nSPS) is 12.0. The molecular weight excluding hydrogens is 564 g/mol. The van der Waals surface area contributed by atoms with Crippen molar-refractivity contribution in [1.82, 2.24) is 5.32 Å². The number of hydrogen-bond donors (Lipinski definition) is 2. The Labute approximate surface area is 266 Å². The zero-order valence-corrected chi connectivity index (χ0v) is 26.0. The Morgan fingerprint density at radius 2 is 1.40 bits per heavy atom. The quantitative estimate of drug-likeness (QED) is 0.0794. The second-order valence-corrected chi connectivity index (χ2v) is 11.0. The molecule has 0 saturated heterocycles. The molecule has 0 bridgehead atoms. The summed E-state index contributed by atoms with van der Waals surface area (Å²) in [4.78, 5) is 38.9.